The average molecular weight is 307 g/mol. The van der Waals surface area contributed by atoms with E-state index in [-0.39, 0.29) is 13.0 Å². The van der Waals surface area contributed by atoms with Crippen LogP contribution >= 0.6 is 11.3 Å². The molecule has 1 aromatic rings. The number of alkyl halides is 3. The van der Waals surface area contributed by atoms with Crippen molar-refractivity contribution in [2.45, 2.75) is 38.9 Å². The van der Waals surface area contributed by atoms with Crippen LogP contribution in [0.5, 0.6) is 0 Å². The van der Waals surface area contributed by atoms with E-state index in [2.05, 4.69) is 17.2 Å². The predicted octanol–water partition coefficient (Wildman–Crippen LogP) is 3.42. The molecule has 1 N–H and O–H groups in total. The predicted molar refractivity (Wildman–Crippen MR) is 75.1 cm³/mol. The second-order valence-electron chi connectivity index (χ2n) is 5.12. The lowest BCUT2D eigenvalue weighted by Crippen LogP contribution is -2.41. The zero-order valence-corrected chi connectivity index (χ0v) is 12.4. The van der Waals surface area contributed by atoms with Gasteiger partial charge >= 0.3 is 6.18 Å². The molecule has 1 fully saturated rings. The molecule has 0 amide bonds. The Kier molecular flexibility index (Phi) is 5.26. The smallest absolute Gasteiger partial charge is 0.347 e. The van der Waals surface area contributed by atoms with Crippen molar-refractivity contribution < 1.29 is 13.2 Å². The quantitative estimate of drug-likeness (QED) is 0.845. The van der Waals surface area contributed by atoms with Crippen molar-refractivity contribution in [2.75, 3.05) is 24.5 Å². The highest BCUT2D eigenvalue weighted by Gasteiger charge is 2.42. The molecule has 1 aliphatic rings. The first kappa shape index (κ1) is 15.6. The Bertz CT molecular complexity index is 419. The van der Waals surface area contributed by atoms with Crippen molar-refractivity contribution in [2.24, 2.45) is 5.92 Å². The topological polar surface area (TPSA) is 28.2 Å². The molecule has 1 atom stereocenters. The summed E-state index contributed by atoms with van der Waals surface area (Å²) in [5, 5.41) is 5.89. The molecule has 0 saturated carbocycles. The maximum Gasteiger partial charge on any atom is 0.393 e. The number of hydrogen-bond acceptors (Lipinski definition) is 4. The van der Waals surface area contributed by atoms with Crippen LogP contribution in [0.4, 0.5) is 18.3 Å². The number of hydrogen-bond donors (Lipinski definition) is 1. The molecule has 0 spiro atoms. The van der Waals surface area contributed by atoms with Crippen LogP contribution in [-0.4, -0.2) is 30.8 Å². The summed E-state index contributed by atoms with van der Waals surface area (Å²) >= 11 is 1.43. The monoisotopic (exact) mass is 307 g/mol. The molecule has 1 aromatic heterocycles. The average Bonchev–Trinajstić information content (AvgIpc) is 2.87. The third kappa shape index (κ3) is 4.09. The lowest BCUT2D eigenvalue weighted by molar-refractivity contribution is -0.175. The normalized spacial score (nSPS) is 20.4. The van der Waals surface area contributed by atoms with Crippen LogP contribution in [0.3, 0.4) is 0 Å². The van der Waals surface area contributed by atoms with Gasteiger partial charge in [-0.15, -0.1) is 11.3 Å². The summed E-state index contributed by atoms with van der Waals surface area (Å²) in [7, 11) is 0. The molecule has 0 aromatic carbocycles. The SMILES string of the molecule is CCCNCc1csc(N2CCCC(C(F)(F)F)C2)n1. The van der Waals surface area contributed by atoms with Gasteiger partial charge in [-0.25, -0.2) is 4.98 Å². The molecule has 1 aliphatic heterocycles. The van der Waals surface area contributed by atoms with E-state index < -0.39 is 12.1 Å². The zero-order valence-electron chi connectivity index (χ0n) is 11.5. The van der Waals surface area contributed by atoms with E-state index in [9.17, 15) is 13.2 Å². The van der Waals surface area contributed by atoms with Crippen LogP contribution in [0.25, 0.3) is 0 Å². The lowest BCUT2D eigenvalue weighted by atomic mass is 9.98. The van der Waals surface area contributed by atoms with E-state index in [4.69, 9.17) is 0 Å². The molecule has 1 unspecified atom stereocenters. The first-order valence-corrected chi connectivity index (χ1v) is 7.85. The number of nitrogens with one attached hydrogen (secondary N) is 1. The molecule has 0 radical (unpaired) electrons. The Morgan fingerprint density at radius 3 is 3.00 bits per heavy atom. The molecule has 7 heteroatoms. The standard InChI is InChI=1S/C13H20F3N3S/c1-2-5-17-7-11-9-20-12(18-11)19-6-3-4-10(8-19)13(14,15)16/h9-10,17H,2-8H2,1H3. The number of aromatic nitrogens is 1. The van der Waals surface area contributed by atoms with E-state index in [1.807, 2.05) is 5.38 Å². The van der Waals surface area contributed by atoms with Crippen LogP contribution in [0.15, 0.2) is 5.38 Å². The van der Waals surface area contributed by atoms with Crippen molar-refractivity contribution in [1.29, 1.82) is 0 Å². The Hall–Kier alpha value is -0.820. The summed E-state index contributed by atoms with van der Waals surface area (Å²) in [6.07, 6.45) is -2.23. The molecule has 3 nitrogen and oxygen atoms in total. The van der Waals surface area contributed by atoms with Crippen LogP contribution in [0.1, 0.15) is 31.9 Å². The fourth-order valence-corrected chi connectivity index (χ4v) is 3.20. The van der Waals surface area contributed by atoms with Crippen LogP contribution < -0.4 is 10.2 Å². The van der Waals surface area contributed by atoms with Crippen LogP contribution in [-0.2, 0) is 6.54 Å². The number of anilines is 1. The first-order valence-electron chi connectivity index (χ1n) is 6.97. The third-order valence-corrected chi connectivity index (χ3v) is 4.38. The summed E-state index contributed by atoms with van der Waals surface area (Å²) in [6.45, 7) is 4.40. The fraction of sp³-hybridized carbons (Fsp3) is 0.769. The molecule has 2 heterocycles. The summed E-state index contributed by atoms with van der Waals surface area (Å²) in [4.78, 5) is 6.21. The Labute approximate surface area is 121 Å². The number of halogens is 3. The molecule has 114 valence electrons. The minimum atomic E-state index is -4.10. The van der Waals surface area contributed by atoms with Crippen molar-refractivity contribution in [3.8, 4) is 0 Å². The molecule has 1 saturated heterocycles. The van der Waals surface area contributed by atoms with Gasteiger partial charge in [0.05, 0.1) is 11.6 Å². The Balaban J connectivity index is 1.94. The van der Waals surface area contributed by atoms with Crippen LogP contribution in [0.2, 0.25) is 0 Å². The largest absolute Gasteiger partial charge is 0.393 e. The fourth-order valence-electron chi connectivity index (χ4n) is 2.33. The van der Waals surface area contributed by atoms with Gasteiger partial charge in [-0.2, -0.15) is 13.2 Å². The van der Waals surface area contributed by atoms with Gasteiger partial charge in [0.2, 0.25) is 0 Å². The van der Waals surface area contributed by atoms with Gasteiger partial charge in [0.15, 0.2) is 5.13 Å². The van der Waals surface area contributed by atoms with Gasteiger partial charge in [0.25, 0.3) is 0 Å². The summed E-state index contributed by atoms with van der Waals surface area (Å²) in [6, 6.07) is 0. The van der Waals surface area contributed by atoms with Crippen molar-refractivity contribution >= 4 is 16.5 Å². The van der Waals surface area contributed by atoms with Crippen molar-refractivity contribution in [1.82, 2.24) is 10.3 Å². The van der Waals surface area contributed by atoms with Gasteiger partial charge in [-0.3, -0.25) is 0 Å². The van der Waals surface area contributed by atoms with Gasteiger partial charge < -0.3 is 10.2 Å². The molecule has 20 heavy (non-hydrogen) atoms. The highest BCUT2D eigenvalue weighted by atomic mass is 32.1. The molecule has 0 bridgehead atoms. The Morgan fingerprint density at radius 2 is 2.30 bits per heavy atom. The third-order valence-electron chi connectivity index (χ3n) is 3.43. The Morgan fingerprint density at radius 1 is 1.50 bits per heavy atom. The molecular weight excluding hydrogens is 287 g/mol. The minimum Gasteiger partial charge on any atom is -0.347 e. The highest BCUT2D eigenvalue weighted by molar-refractivity contribution is 7.13. The van der Waals surface area contributed by atoms with Gasteiger partial charge in [-0.05, 0) is 25.8 Å². The number of rotatable bonds is 5. The molecular formula is C13H20F3N3S. The summed E-state index contributed by atoms with van der Waals surface area (Å²) in [5.74, 6) is -1.22. The van der Waals surface area contributed by atoms with E-state index in [0.29, 0.717) is 24.6 Å². The number of piperidine rings is 1. The maximum absolute atomic E-state index is 12.8. The second kappa shape index (κ2) is 6.76. The highest BCUT2D eigenvalue weighted by Crippen LogP contribution is 2.35. The summed E-state index contributed by atoms with van der Waals surface area (Å²) in [5.41, 5.74) is 0.910. The van der Waals surface area contributed by atoms with E-state index in [1.165, 1.54) is 11.3 Å². The minimum absolute atomic E-state index is 0.0405. The number of nitrogens with zero attached hydrogens (tertiary/aromatic N) is 2. The van der Waals surface area contributed by atoms with Gasteiger partial charge in [0, 0.05) is 25.0 Å². The lowest BCUT2D eigenvalue weighted by Gasteiger charge is -2.33. The van der Waals surface area contributed by atoms with E-state index in [0.717, 1.165) is 18.7 Å². The van der Waals surface area contributed by atoms with Crippen molar-refractivity contribution in [3.05, 3.63) is 11.1 Å². The molecule has 2 rings (SSSR count). The van der Waals surface area contributed by atoms with E-state index >= 15 is 0 Å². The second-order valence-corrected chi connectivity index (χ2v) is 5.96. The zero-order chi connectivity index (χ0) is 14.6. The molecule has 0 aliphatic carbocycles. The number of thiazole rings is 1. The van der Waals surface area contributed by atoms with Gasteiger partial charge in [0.1, 0.15) is 0 Å². The van der Waals surface area contributed by atoms with Crippen molar-refractivity contribution in [3.63, 3.8) is 0 Å². The van der Waals surface area contributed by atoms with Crippen LogP contribution in [0, 0.1) is 5.92 Å². The maximum atomic E-state index is 12.8. The van der Waals surface area contributed by atoms with Gasteiger partial charge in [-0.1, -0.05) is 6.92 Å². The summed E-state index contributed by atoms with van der Waals surface area (Å²) < 4.78 is 38.4. The first-order chi connectivity index (χ1) is 9.50. The van der Waals surface area contributed by atoms with E-state index in [1.54, 1.807) is 4.90 Å².